The first-order chi connectivity index (χ1) is 11.8. The number of aromatic nitrogens is 4. The van der Waals surface area contributed by atoms with E-state index in [0.717, 1.165) is 30.6 Å². The average molecular weight is 315 g/mol. The molecule has 0 spiro atoms. The lowest BCUT2D eigenvalue weighted by molar-refractivity contribution is 0.402. The maximum atomic E-state index is 9.28. The minimum absolute atomic E-state index is 0.408. The largest absolute Gasteiger partial charge is 0.265 e. The van der Waals surface area contributed by atoms with Crippen molar-refractivity contribution in [3.05, 3.63) is 71.3 Å². The van der Waals surface area contributed by atoms with E-state index >= 15 is 0 Å². The third-order valence-corrected chi connectivity index (χ3v) is 4.64. The summed E-state index contributed by atoms with van der Waals surface area (Å²) < 4.78 is 1.83. The number of rotatable bonds is 4. The van der Waals surface area contributed by atoms with E-state index in [4.69, 9.17) is 0 Å². The van der Waals surface area contributed by atoms with Gasteiger partial charge in [0.2, 0.25) is 0 Å². The van der Waals surface area contributed by atoms with E-state index in [1.54, 1.807) is 0 Å². The van der Waals surface area contributed by atoms with Gasteiger partial charge in [0.1, 0.15) is 6.07 Å². The molecule has 2 aromatic heterocycles. The van der Waals surface area contributed by atoms with Crippen molar-refractivity contribution in [2.24, 2.45) is 0 Å². The van der Waals surface area contributed by atoms with Gasteiger partial charge in [-0.25, -0.2) is 4.68 Å². The molecule has 5 heteroatoms. The van der Waals surface area contributed by atoms with Gasteiger partial charge in [0.05, 0.1) is 11.4 Å². The molecule has 1 aliphatic rings. The maximum Gasteiger partial charge on any atom is 0.186 e. The van der Waals surface area contributed by atoms with Gasteiger partial charge in [0, 0.05) is 18.3 Å². The lowest BCUT2D eigenvalue weighted by Gasteiger charge is -2.25. The van der Waals surface area contributed by atoms with Crippen molar-refractivity contribution in [3.8, 4) is 11.8 Å². The van der Waals surface area contributed by atoms with Crippen LogP contribution in [0.25, 0.3) is 5.69 Å². The van der Waals surface area contributed by atoms with Crippen LogP contribution in [0.4, 0.5) is 0 Å². The molecule has 0 amide bonds. The number of nitriles is 1. The number of benzene rings is 1. The summed E-state index contributed by atoms with van der Waals surface area (Å²) in [5.74, 6) is 0.408. The molecule has 3 aromatic rings. The Hall–Kier alpha value is -3.00. The summed E-state index contributed by atoms with van der Waals surface area (Å²) in [6.45, 7) is 0. The standard InChI is InChI=1S/C19H17N5/c20-13-18-19(16-2-1-3-16)24(23-22-18)17-6-4-14(5-7-17)12-15-8-10-21-11-9-15/h4-11,16H,1-3,12H2. The molecule has 0 atom stereocenters. The second-order valence-corrected chi connectivity index (χ2v) is 6.17. The van der Waals surface area contributed by atoms with Crippen LogP contribution in [0.5, 0.6) is 0 Å². The highest BCUT2D eigenvalue weighted by molar-refractivity contribution is 5.40. The third-order valence-electron chi connectivity index (χ3n) is 4.64. The lowest BCUT2D eigenvalue weighted by Crippen LogP contribution is -2.15. The Labute approximate surface area is 140 Å². The highest BCUT2D eigenvalue weighted by Gasteiger charge is 2.28. The zero-order valence-corrected chi connectivity index (χ0v) is 13.3. The monoisotopic (exact) mass is 315 g/mol. The summed E-state index contributed by atoms with van der Waals surface area (Å²) in [5.41, 5.74) is 4.85. The van der Waals surface area contributed by atoms with Crippen molar-refractivity contribution in [1.82, 2.24) is 20.0 Å². The Bertz CT molecular complexity index is 870. The average Bonchev–Trinajstić information content (AvgIpc) is 2.98. The molecule has 0 N–H and O–H groups in total. The van der Waals surface area contributed by atoms with Gasteiger partial charge < -0.3 is 0 Å². The van der Waals surface area contributed by atoms with E-state index in [-0.39, 0.29) is 0 Å². The summed E-state index contributed by atoms with van der Waals surface area (Å²) in [4.78, 5) is 4.05. The Morgan fingerprint density at radius 2 is 1.75 bits per heavy atom. The molecule has 5 nitrogen and oxygen atoms in total. The summed E-state index contributed by atoms with van der Waals surface area (Å²) in [6.07, 6.45) is 7.94. The molecule has 0 aliphatic heterocycles. The van der Waals surface area contributed by atoms with Gasteiger partial charge in [-0.05, 0) is 54.7 Å². The van der Waals surface area contributed by atoms with Crippen LogP contribution >= 0.6 is 0 Å². The molecule has 0 radical (unpaired) electrons. The Balaban J connectivity index is 1.62. The van der Waals surface area contributed by atoms with E-state index < -0.39 is 0 Å². The van der Waals surface area contributed by atoms with Crippen molar-refractivity contribution in [2.45, 2.75) is 31.6 Å². The SMILES string of the molecule is N#Cc1nnn(-c2ccc(Cc3ccncc3)cc2)c1C1CCC1. The minimum Gasteiger partial charge on any atom is -0.265 e. The Morgan fingerprint density at radius 1 is 1.04 bits per heavy atom. The zero-order chi connectivity index (χ0) is 16.4. The highest BCUT2D eigenvalue weighted by Crippen LogP contribution is 2.38. The summed E-state index contributed by atoms with van der Waals surface area (Å²) in [7, 11) is 0. The van der Waals surface area contributed by atoms with E-state index in [1.807, 2.05) is 29.2 Å². The third kappa shape index (κ3) is 2.67. The fraction of sp³-hybridized carbons (Fsp3) is 0.263. The smallest absolute Gasteiger partial charge is 0.186 e. The van der Waals surface area contributed by atoms with Crippen LogP contribution < -0.4 is 0 Å². The van der Waals surface area contributed by atoms with Crippen LogP contribution in [0.1, 0.15) is 47.7 Å². The molecule has 1 saturated carbocycles. The molecular formula is C19H17N5. The van der Waals surface area contributed by atoms with E-state index in [0.29, 0.717) is 11.6 Å². The Kier molecular flexibility index (Phi) is 3.80. The molecule has 0 unspecified atom stereocenters. The van der Waals surface area contributed by atoms with Gasteiger partial charge in [-0.15, -0.1) is 5.10 Å². The molecule has 2 heterocycles. The van der Waals surface area contributed by atoms with Crippen LogP contribution in [0.3, 0.4) is 0 Å². The number of nitrogens with zero attached hydrogens (tertiary/aromatic N) is 5. The van der Waals surface area contributed by atoms with Crippen LogP contribution in [-0.2, 0) is 6.42 Å². The van der Waals surface area contributed by atoms with Gasteiger partial charge in [-0.1, -0.05) is 23.8 Å². The van der Waals surface area contributed by atoms with Crippen LogP contribution in [0, 0.1) is 11.3 Å². The summed E-state index contributed by atoms with van der Waals surface area (Å²) >= 11 is 0. The first-order valence-corrected chi connectivity index (χ1v) is 8.19. The fourth-order valence-electron chi connectivity index (χ4n) is 3.10. The Morgan fingerprint density at radius 3 is 2.38 bits per heavy atom. The van der Waals surface area contributed by atoms with Crippen LogP contribution in [0.2, 0.25) is 0 Å². The van der Waals surface area contributed by atoms with Crippen LogP contribution in [0.15, 0.2) is 48.8 Å². The van der Waals surface area contributed by atoms with E-state index in [1.165, 1.54) is 17.5 Å². The number of hydrogen-bond donors (Lipinski definition) is 0. The van der Waals surface area contributed by atoms with Gasteiger partial charge in [-0.3, -0.25) is 4.98 Å². The number of hydrogen-bond acceptors (Lipinski definition) is 4. The molecule has 4 rings (SSSR count). The van der Waals surface area contributed by atoms with Crippen molar-refractivity contribution in [3.63, 3.8) is 0 Å². The zero-order valence-electron chi connectivity index (χ0n) is 13.3. The molecule has 1 aliphatic carbocycles. The first kappa shape index (κ1) is 14.6. The van der Waals surface area contributed by atoms with Gasteiger partial charge in [0.15, 0.2) is 5.69 Å². The van der Waals surface area contributed by atoms with Gasteiger partial charge in [-0.2, -0.15) is 5.26 Å². The first-order valence-electron chi connectivity index (χ1n) is 8.19. The predicted octanol–water partition coefficient (Wildman–Crippen LogP) is 3.39. The highest BCUT2D eigenvalue weighted by atomic mass is 15.4. The van der Waals surface area contributed by atoms with E-state index in [2.05, 4.69) is 45.6 Å². The second-order valence-electron chi connectivity index (χ2n) is 6.17. The van der Waals surface area contributed by atoms with Gasteiger partial charge in [0.25, 0.3) is 0 Å². The van der Waals surface area contributed by atoms with Crippen molar-refractivity contribution in [2.75, 3.05) is 0 Å². The lowest BCUT2D eigenvalue weighted by atomic mass is 9.82. The molecular weight excluding hydrogens is 298 g/mol. The molecule has 24 heavy (non-hydrogen) atoms. The maximum absolute atomic E-state index is 9.28. The molecule has 118 valence electrons. The second kappa shape index (κ2) is 6.25. The fourth-order valence-corrected chi connectivity index (χ4v) is 3.10. The normalized spacial score (nSPS) is 14.1. The number of pyridine rings is 1. The van der Waals surface area contributed by atoms with Crippen LogP contribution in [-0.4, -0.2) is 20.0 Å². The van der Waals surface area contributed by atoms with Crippen molar-refractivity contribution >= 4 is 0 Å². The van der Waals surface area contributed by atoms with Crippen molar-refractivity contribution in [1.29, 1.82) is 5.26 Å². The van der Waals surface area contributed by atoms with E-state index in [9.17, 15) is 5.26 Å². The molecule has 1 aromatic carbocycles. The summed E-state index contributed by atoms with van der Waals surface area (Å²) in [6, 6.07) is 14.5. The van der Waals surface area contributed by atoms with Gasteiger partial charge >= 0.3 is 0 Å². The summed E-state index contributed by atoms with van der Waals surface area (Å²) in [5, 5.41) is 17.5. The molecule has 0 saturated heterocycles. The topological polar surface area (TPSA) is 67.4 Å². The van der Waals surface area contributed by atoms with Crippen molar-refractivity contribution < 1.29 is 0 Å². The minimum atomic E-state index is 0.408. The molecule has 1 fully saturated rings. The quantitative estimate of drug-likeness (QED) is 0.740. The predicted molar refractivity (Wildman–Crippen MR) is 89.7 cm³/mol. The molecule has 0 bridgehead atoms.